The number of nitrogens with one attached hydrogen (secondary N) is 1. The van der Waals surface area contributed by atoms with Crippen LogP contribution in [0, 0.1) is 12.7 Å². The summed E-state index contributed by atoms with van der Waals surface area (Å²) in [5, 5.41) is 2.61. The Kier molecular flexibility index (Phi) is 4.51. The highest BCUT2D eigenvalue weighted by molar-refractivity contribution is 5.27. The van der Waals surface area contributed by atoms with E-state index < -0.39 is 24.5 Å². The Morgan fingerprint density at radius 2 is 1.94 bits per heavy atom. The molecular formula is C12H15F4N. The van der Waals surface area contributed by atoms with Gasteiger partial charge in [-0.1, -0.05) is 6.07 Å². The van der Waals surface area contributed by atoms with Gasteiger partial charge < -0.3 is 5.32 Å². The van der Waals surface area contributed by atoms with Crippen molar-refractivity contribution in [3.8, 4) is 0 Å². The summed E-state index contributed by atoms with van der Waals surface area (Å²) in [4.78, 5) is 0. The van der Waals surface area contributed by atoms with Gasteiger partial charge in [-0.2, -0.15) is 13.2 Å². The van der Waals surface area contributed by atoms with Crippen LogP contribution in [-0.4, -0.2) is 19.3 Å². The van der Waals surface area contributed by atoms with Gasteiger partial charge in [0.2, 0.25) is 0 Å². The number of benzene rings is 1. The van der Waals surface area contributed by atoms with Crippen LogP contribution >= 0.6 is 0 Å². The maximum absolute atomic E-state index is 13.0. The van der Waals surface area contributed by atoms with Crippen LogP contribution in [0.2, 0.25) is 0 Å². The van der Waals surface area contributed by atoms with Crippen molar-refractivity contribution in [1.29, 1.82) is 0 Å². The van der Waals surface area contributed by atoms with Crippen LogP contribution < -0.4 is 5.32 Å². The first-order valence-corrected chi connectivity index (χ1v) is 5.31. The highest BCUT2D eigenvalue weighted by Crippen LogP contribution is 2.24. The molecule has 0 aliphatic rings. The molecule has 1 nitrogen and oxygen atoms in total. The maximum atomic E-state index is 13.0. The van der Waals surface area contributed by atoms with Crippen molar-refractivity contribution in [2.75, 3.05) is 7.05 Å². The predicted octanol–water partition coefficient (Wildman–Crippen LogP) is 3.22. The van der Waals surface area contributed by atoms with Crippen LogP contribution in [-0.2, 0) is 6.42 Å². The van der Waals surface area contributed by atoms with Crippen LogP contribution in [0.5, 0.6) is 0 Å². The van der Waals surface area contributed by atoms with Gasteiger partial charge in [0.05, 0.1) is 6.42 Å². The van der Waals surface area contributed by atoms with Crippen LogP contribution in [0.4, 0.5) is 17.6 Å². The van der Waals surface area contributed by atoms with Gasteiger partial charge in [-0.05, 0) is 43.7 Å². The van der Waals surface area contributed by atoms with E-state index in [1.165, 1.54) is 19.2 Å². The molecule has 1 atom stereocenters. The highest BCUT2D eigenvalue weighted by atomic mass is 19.4. The third kappa shape index (κ3) is 4.73. The molecule has 0 radical (unpaired) electrons. The van der Waals surface area contributed by atoms with E-state index in [2.05, 4.69) is 5.32 Å². The predicted molar refractivity (Wildman–Crippen MR) is 58.4 cm³/mol. The number of hydrogen-bond donors (Lipinski definition) is 1. The summed E-state index contributed by atoms with van der Waals surface area (Å²) < 4.78 is 49.8. The first kappa shape index (κ1) is 14.0. The number of aryl methyl sites for hydroxylation is 1. The lowest BCUT2D eigenvalue weighted by molar-refractivity contribution is -0.139. The fourth-order valence-corrected chi connectivity index (χ4v) is 1.68. The molecule has 0 aliphatic carbocycles. The first-order chi connectivity index (χ1) is 7.81. The molecule has 1 N–H and O–H groups in total. The fourth-order valence-electron chi connectivity index (χ4n) is 1.68. The van der Waals surface area contributed by atoms with Crippen molar-refractivity contribution in [3.63, 3.8) is 0 Å². The van der Waals surface area contributed by atoms with E-state index >= 15 is 0 Å². The van der Waals surface area contributed by atoms with Gasteiger partial charge in [0.1, 0.15) is 5.82 Å². The van der Waals surface area contributed by atoms with E-state index in [1.807, 2.05) is 0 Å². The van der Waals surface area contributed by atoms with Crippen molar-refractivity contribution < 1.29 is 17.6 Å². The van der Waals surface area contributed by atoms with Crippen molar-refractivity contribution in [2.24, 2.45) is 0 Å². The second kappa shape index (κ2) is 5.49. The van der Waals surface area contributed by atoms with Crippen LogP contribution in [0.1, 0.15) is 17.5 Å². The molecule has 96 valence electrons. The molecule has 0 spiro atoms. The lowest BCUT2D eigenvalue weighted by atomic mass is 9.99. The zero-order valence-corrected chi connectivity index (χ0v) is 9.74. The summed E-state index contributed by atoms with van der Waals surface area (Å²) in [5.41, 5.74) is 1.41. The lowest BCUT2D eigenvalue weighted by Crippen LogP contribution is -2.33. The number of halogens is 4. The second-order valence-corrected chi connectivity index (χ2v) is 4.08. The van der Waals surface area contributed by atoms with E-state index in [0.717, 1.165) is 5.56 Å². The smallest absolute Gasteiger partial charge is 0.316 e. The molecule has 0 aliphatic heterocycles. The van der Waals surface area contributed by atoms with Crippen molar-refractivity contribution in [1.82, 2.24) is 5.32 Å². The topological polar surface area (TPSA) is 12.0 Å². The van der Waals surface area contributed by atoms with Crippen molar-refractivity contribution >= 4 is 0 Å². The SMILES string of the molecule is CNC(Cc1cc(F)ccc1C)CC(F)(F)F. The Labute approximate surface area is 97.8 Å². The van der Waals surface area contributed by atoms with E-state index in [0.29, 0.717) is 5.56 Å². The van der Waals surface area contributed by atoms with Crippen LogP contribution in [0.15, 0.2) is 18.2 Å². The fraction of sp³-hybridized carbons (Fsp3) is 0.500. The first-order valence-electron chi connectivity index (χ1n) is 5.31. The van der Waals surface area contributed by atoms with Gasteiger partial charge in [-0.15, -0.1) is 0 Å². The number of alkyl halides is 3. The zero-order chi connectivity index (χ0) is 13.1. The van der Waals surface area contributed by atoms with Crippen LogP contribution in [0.25, 0.3) is 0 Å². The summed E-state index contributed by atoms with van der Waals surface area (Å²) >= 11 is 0. The quantitative estimate of drug-likeness (QED) is 0.808. The standard InChI is InChI=1S/C12H15F4N/c1-8-3-4-10(13)5-9(8)6-11(17-2)7-12(14,15)16/h3-5,11,17H,6-7H2,1-2H3. The monoisotopic (exact) mass is 249 g/mol. The Bertz CT molecular complexity index is 373. The molecular weight excluding hydrogens is 234 g/mol. The lowest BCUT2D eigenvalue weighted by Gasteiger charge is -2.19. The summed E-state index contributed by atoms with van der Waals surface area (Å²) in [6.45, 7) is 1.76. The average molecular weight is 249 g/mol. The molecule has 0 aromatic heterocycles. The average Bonchev–Trinajstić information content (AvgIpc) is 2.20. The van der Waals surface area contributed by atoms with Crippen molar-refractivity contribution in [3.05, 3.63) is 35.1 Å². The van der Waals surface area contributed by atoms with E-state index in [-0.39, 0.29) is 6.42 Å². The Morgan fingerprint density at radius 3 is 2.47 bits per heavy atom. The minimum absolute atomic E-state index is 0.166. The maximum Gasteiger partial charge on any atom is 0.390 e. The normalized spacial score (nSPS) is 13.8. The Balaban J connectivity index is 2.77. The third-order valence-corrected chi connectivity index (χ3v) is 2.66. The van der Waals surface area contributed by atoms with Crippen LogP contribution in [0.3, 0.4) is 0 Å². The molecule has 1 rings (SSSR count). The molecule has 0 saturated carbocycles. The Hall–Kier alpha value is -1.10. The number of rotatable bonds is 4. The molecule has 1 unspecified atom stereocenters. The van der Waals surface area contributed by atoms with Gasteiger partial charge in [-0.3, -0.25) is 0 Å². The molecule has 0 saturated heterocycles. The molecule has 0 amide bonds. The summed E-state index contributed by atoms with van der Waals surface area (Å²) in [5.74, 6) is -0.424. The molecule has 0 bridgehead atoms. The molecule has 5 heteroatoms. The van der Waals surface area contributed by atoms with E-state index in [4.69, 9.17) is 0 Å². The summed E-state index contributed by atoms with van der Waals surface area (Å²) in [6.07, 6.45) is -4.96. The van der Waals surface area contributed by atoms with E-state index in [9.17, 15) is 17.6 Å². The number of likely N-dealkylation sites (N-methyl/N-ethyl adjacent to an activating group) is 1. The summed E-state index contributed by atoms with van der Waals surface area (Å²) in [7, 11) is 1.48. The highest BCUT2D eigenvalue weighted by Gasteiger charge is 2.31. The van der Waals surface area contributed by atoms with Gasteiger partial charge >= 0.3 is 6.18 Å². The molecule has 1 aromatic carbocycles. The van der Waals surface area contributed by atoms with Gasteiger partial charge in [0, 0.05) is 6.04 Å². The van der Waals surface area contributed by atoms with Gasteiger partial charge in [0.15, 0.2) is 0 Å². The molecule has 17 heavy (non-hydrogen) atoms. The second-order valence-electron chi connectivity index (χ2n) is 4.08. The number of hydrogen-bond acceptors (Lipinski definition) is 1. The molecule has 0 heterocycles. The molecule has 1 aromatic rings. The van der Waals surface area contributed by atoms with Crippen molar-refractivity contribution in [2.45, 2.75) is 32.0 Å². The largest absolute Gasteiger partial charge is 0.390 e. The third-order valence-electron chi connectivity index (χ3n) is 2.66. The van der Waals surface area contributed by atoms with E-state index in [1.54, 1.807) is 13.0 Å². The zero-order valence-electron chi connectivity index (χ0n) is 9.74. The van der Waals surface area contributed by atoms with Gasteiger partial charge in [0.25, 0.3) is 0 Å². The molecule has 0 fully saturated rings. The van der Waals surface area contributed by atoms with Gasteiger partial charge in [-0.25, -0.2) is 4.39 Å². The minimum atomic E-state index is -4.21. The summed E-state index contributed by atoms with van der Waals surface area (Å²) in [6, 6.07) is 3.44. The Morgan fingerprint density at radius 1 is 1.29 bits per heavy atom. The minimum Gasteiger partial charge on any atom is -0.316 e.